The van der Waals surface area contributed by atoms with Gasteiger partial charge in [0.05, 0.1) is 19.3 Å². The second-order valence-electron chi connectivity index (χ2n) is 7.87. The molecule has 2 bridgehead atoms. The number of aromatic nitrogens is 2. The summed E-state index contributed by atoms with van der Waals surface area (Å²) in [6, 6.07) is 11.0. The fourth-order valence-corrected chi connectivity index (χ4v) is 4.29. The average molecular weight is 354 g/mol. The van der Waals surface area contributed by atoms with Gasteiger partial charge in [-0.1, -0.05) is 36.8 Å². The van der Waals surface area contributed by atoms with Crippen LogP contribution in [-0.4, -0.2) is 39.4 Å². The number of hydrogen-bond acceptors (Lipinski definition) is 6. The lowest BCUT2D eigenvalue weighted by Crippen LogP contribution is -2.33. The Bertz CT molecular complexity index is 730. The second-order valence-corrected chi connectivity index (χ2v) is 7.87. The highest BCUT2D eigenvalue weighted by molar-refractivity contribution is 5.13. The minimum atomic E-state index is 0.235. The Labute approximate surface area is 154 Å². The summed E-state index contributed by atoms with van der Waals surface area (Å²) in [6.07, 6.45) is 7.08. The molecule has 0 radical (unpaired) electrons. The molecule has 3 fully saturated rings. The standard InChI is InChI=1S/C20H26N4O2/c1-2-5-16(6-3-1)13-25-24-14-23-12-17(24)9-10-18(23)20-22-21-19(26-20)11-15-7-4-8-15/h1-3,5-6,15,17-18H,4,7-14H2/t17-,18+/m1/s1. The van der Waals surface area contributed by atoms with E-state index in [0.717, 1.165) is 50.2 Å². The predicted molar refractivity (Wildman–Crippen MR) is 95.7 cm³/mol. The van der Waals surface area contributed by atoms with Crippen molar-refractivity contribution in [3.8, 4) is 0 Å². The lowest BCUT2D eigenvalue weighted by Gasteiger charge is -2.28. The van der Waals surface area contributed by atoms with Crippen LogP contribution in [0.2, 0.25) is 0 Å². The number of fused-ring (bicyclic) bond motifs is 2. The number of piperidine rings is 1. The van der Waals surface area contributed by atoms with Crippen LogP contribution in [-0.2, 0) is 17.9 Å². The van der Waals surface area contributed by atoms with Crippen molar-refractivity contribution in [2.75, 3.05) is 13.2 Å². The van der Waals surface area contributed by atoms with Crippen LogP contribution in [0.4, 0.5) is 0 Å². The van der Waals surface area contributed by atoms with E-state index in [1.807, 2.05) is 6.07 Å². The normalized spacial score (nSPS) is 29.0. The number of hydroxylamine groups is 2. The van der Waals surface area contributed by atoms with Gasteiger partial charge in [0.1, 0.15) is 0 Å². The van der Waals surface area contributed by atoms with Crippen molar-refractivity contribution in [1.82, 2.24) is 20.2 Å². The van der Waals surface area contributed by atoms with Crippen LogP contribution in [0.3, 0.4) is 0 Å². The molecule has 3 heterocycles. The van der Waals surface area contributed by atoms with Crippen LogP contribution >= 0.6 is 0 Å². The fourth-order valence-electron chi connectivity index (χ4n) is 4.29. The van der Waals surface area contributed by atoms with E-state index in [2.05, 4.69) is 44.4 Å². The summed E-state index contributed by atoms with van der Waals surface area (Å²) in [4.78, 5) is 8.51. The number of hydrogen-bond donors (Lipinski definition) is 0. The van der Waals surface area contributed by atoms with Gasteiger partial charge in [-0.15, -0.1) is 10.2 Å². The molecule has 1 unspecified atom stereocenters. The molecule has 138 valence electrons. The van der Waals surface area contributed by atoms with Crippen molar-refractivity contribution in [3.63, 3.8) is 0 Å². The Balaban J connectivity index is 1.20. The number of benzene rings is 1. The molecule has 3 atom stereocenters. The van der Waals surface area contributed by atoms with Crippen molar-refractivity contribution < 1.29 is 9.25 Å². The SMILES string of the molecule is c1ccc(CON2CN3C[C@H]2CC[C@H]3c2nnc(CC3CCC3)o2)cc1. The topological polar surface area (TPSA) is 54.6 Å². The molecule has 0 N–H and O–H groups in total. The Morgan fingerprint density at radius 1 is 1.08 bits per heavy atom. The first-order chi connectivity index (χ1) is 12.8. The zero-order valence-electron chi connectivity index (χ0n) is 15.1. The van der Waals surface area contributed by atoms with E-state index in [9.17, 15) is 0 Å². The van der Waals surface area contributed by atoms with E-state index in [1.54, 1.807) is 0 Å². The molecule has 5 rings (SSSR count). The van der Waals surface area contributed by atoms with Gasteiger partial charge in [-0.3, -0.25) is 9.74 Å². The van der Waals surface area contributed by atoms with Crippen molar-refractivity contribution in [1.29, 1.82) is 0 Å². The van der Waals surface area contributed by atoms with Crippen LogP contribution in [0, 0.1) is 5.92 Å². The van der Waals surface area contributed by atoms with Crippen molar-refractivity contribution in [3.05, 3.63) is 47.7 Å². The summed E-state index contributed by atoms with van der Waals surface area (Å²) in [5.74, 6) is 2.37. The summed E-state index contributed by atoms with van der Waals surface area (Å²) in [6.45, 7) is 2.45. The molecule has 6 nitrogen and oxygen atoms in total. The molecule has 6 heteroatoms. The average Bonchev–Trinajstić information content (AvgIpc) is 3.23. The van der Waals surface area contributed by atoms with Crippen molar-refractivity contribution in [2.24, 2.45) is 5.92 Å². The second kappa shape index (κ2) is 7.10. The highest BCUT2D eigenvalue weighted by Gasteiger charge is 2.42. The van der Waals surface area contributed by atoms with Gasteiger partial charge in [-0.25, -0.2) is 0 Å². The molecule has 1 saturated carbocycles. The van der Waals surface area contributed by atoms with Gasteiger partial charge in [0.15, 0.2) is 0 Å². The van der Waals surface area contributed by atoms with E-state index < -0.39 is 0 Å². The predicted octanol–water partition coefficient (Wildman–Crippen LogP) is 3.32. The molecule has 1 aromatic heterocycles. The Hall–Kier alpha value is -1.76. The molecule has 2 aliphatic heterocycles. The minimum absolute atomic E-state index is 0.235. The maximum absolute atomic E-state index is 6.09. The maximum atomic E-state index is 6.09. The third-order valence-corrected chi connectivity index (χ3v) is 6.08. The Morgan fingerprint density at radius 2 is 1.96 bits per heavy atom. The van der Waals surface area contributed by atoms with Gasteiger partial charge in [-0.2, -0.15) is 5.06 Å². The van der Waals surface area contributed by atoms with E-state index >= 15 is 0 Å². The summed E-state index contributed by atoms with van der Waals surface area (Å²) in [7, 11) is 0. The summed E-state index contributed by atoms with van der Waals surface area (Å²) >= 11 is 0. The van der Waals surface area contributed by atoms with E-state index in [4.69, 9.17) is 9.25 Å². The molecular weight excluding hydrogens is 328 g/mol. The molecule has 1 aromatic carbocycles. The highest BCUT2D eigenvalue weighted by Crippen LogP contribution is 2.37. The Morgan fingerprint density at radius 3 is 2.77 bits per heavy atom. The molecule has 2 saturated heterocycles. The molecule has 3 aliphatic rings. The largest absolute Gasteiger partial charge is 0.424 e. The van der Waals surface area contributed by atoms with Crippen LogP contribution in [0.25, 0.3) is 0 Å². The monoisotopic (exact) mass is 354 g/mol. The van der Waals surface area contributed by atoms with Gasteiger partial charge in [0.25, 0.3) is 0 Å². The third kappa shape index (κ3) is 3.29. The summed E-state index contributed by atoms with van der Waals surface area (Å²) in [5, 5.41) is 10.8. The molecule has 0 amide bonds. The molecule has 1 aliphatic carbocycles. The van der Waals surface area contributed by atoms with Crippen LogP contribution in [0.5, 0.6) is 0 Å². The van der Waals surface area contributed by atoms with Crippen molar-refractivity contribution >= 4 is 0 Å². The first kappa shape index (κ1) is 16.4. The van der Waals surface area contributed by atoms with Crippen LogP contribution < -0.4 is 0 Å². The first-order valence-corrected chi connectivity index (χ1v) is 9.85. The van der Waals surface area contributed by atoms with Gasteiger partial charge in [-0.05, 0) is 37.2 Å². The van der Waals surface area contributed by atoms with Crippen LogP contribution in [0.1, 0.15) is 55.5 Å². The van der Waals surface area contributed by atoms with Gasteiger partial charge >= 0.3 is 0 Å². The smallest absolute Gasteiger partial charge is 0.233 e. The van der Waals surface area contributed by atoms with Gasteiger partial charge in [0.2, 0.25) is 11.8 Å². The van der Waals surface area contributed by atoms with Crippen molar-refractivity contribution in [2.45, 2.75) is 57.2 Å². The zero-order valence-corrected chi connectivity index (χ0v) is 15.1. The highest BCUT2D eigenvalue weighted by atomic mass is 16.7. The van der Waals surface area contributed by atoms with E-state index in [-0.39, 0.29) is 6.04 Å². The first-order valence-electron chi connectivity index (χ1n) is 9.85. The lowest BCUT2D eigenvalue weighted by molar-refractivity contribution is -0.182. The summed E-state index contributed by atoms with van der Waals surface area (Å²) in [5.41, 5.74) is 1.21. The van der Waals surface area contributed by atoms with Gasteiger partial charge in [0, 0.05) is 19.0 Å². The molecule has 2 aromatic rings. The molecule has 26 heavy (non-hydrogen) atoms. The number of nitrogens with zero attached hydrogens (tertiary/aromatic N) is 4. The zero-order chi connectivity index (χ0) is 17.3. The molecule has 0 spiro atoms. The minimum Gasteiger partial charge on any atom is -0.424 e. The third-order valence-electron chi connectivity index (χ3n) is 6.08. The number of rotatable bonds is 6. The van der Waals surface area contributed by atoms with E-state index in [0.29, 0.717) is 12.6 Å². The van der Waals surface area contributed by atoms with Crippen LogP contribution in [0.15, 0.2) is 34.7 Å². The maximum Gasteiger partial charge on any atom is 0.233 e. The Kier molecular flexibility index (Phi) is 4.48. The fraction of sp³-hybridized carbons (Fsp3) is 0.600. The van der Waals surface area contributed by atoms with E-state index in [1.165, 1.54) is 24.8 Å². The summed E-state index contributed by atoms with van der Waals surface area (Å²) < 4.78 is 6.02. The molecular formula is C20H26N4O2. The quantitative estimate of drug-likeness (QED) is 0.793. The lowest BCUT2D eigenvalue weighted by atomic mass is 9.83. The van der Waals surface area contributed by atoms with Gasteiger partial charge < -0.3 is 4.42 Å².